The molecule has 3 heteroatoms. The molecule has 0 radical (unpaired) electrons. The molecule has 0 saturated heterocycles. The number of hydrogen-bond donors (Lipinski definition) is 0. The van der Waals surface area contributed by atoms with Gasteiger partial charge in [-0.15, -0.1) is 0 Å². The monoisotopic (exact) mass is 264 g/mol. The average molecular weight is 264 g/mol. The Balaban J connectivity index is 1.98. The van der Waals surface area contributed by atoms with Gasteiger partial charge in [0.25, 0.3) is 0 Å². The second kappa shape index (κ2) is 5.48. The molecule has 3 nitrogen and oxygen atoms in total. The van der Waals surface area contributed by atoms with Gasteiger partial charge in [0.05, 0.1) is 5.92 Å². The SMILES string of the molecule is C/C=C(/C=O)C1C(C(=O)OC2CCCCC2)C1(C)C. The van der Waals surface area contributed by atoms with Gasteiger partial charge in [0.1, 0.15) is 12.4 Å². The molecule has 0 aromatic carbocycles. The molecule has 2 rings (SSSR count). The highest BCUT2D eigenvalue weighted by Crippen LogP contribution is 2.61. The lowest BCUT2D eigenvalue weighted by Crippen LogP contribution is -2.23. The molecule has 0 N–H and O–H groups in total. The van der Waals surface area contributed by atoms with Crippen LogP contribution in [-0.2, 0) is 14.3 Å². The van der Waals surface area contributed by atoms with Gasteiger partial charge in [-0.2, -0.15) is 0 Å². The van der Waals surface area contributed by atoms with E-state index < -0.39 is 0 Å². The molecule has 2 aliphatic carbocycles. The van der Waals surface area contributed by atoms with E-state index in [2.05, 4.69) is 0 Å². The van der Waals surface area contributed by atoms with Gasteiger partial charge in [-0.05, 0) is 43.6 Å². The summed E-state index contributed by atoms with van der Waals surface area (Å²) in [6, 6.07) is 0. The second-order valence-electron chi connectivity index (χ2n) is 6.38. The van der Waals surface area contributed by atoms with Crippen molar-refractivity contribution in [2.45, 2.75) is 59.0 Å². The lowest BCUT2D eigenvalue weighted by Gasteiger charge is -2.22. The summed E-state index contributed by atoms with van der Waals surface area (Å²) in [4.78, 5) is 23.3. The maximum atomic E-state index is 12.3. The Morgan fingerprint density at radius 1 is 1.16 bits per heavy atom. The van der Waals surface area contributed by atoms with Crippen LogP contribution in [0.25, 0.3) is 0 Å². The summed E-state index contributed by atoms with van der Waals surface area (Å²) in [6.07, 6.45) is 8.34. The third-order valence-electron chi connectivity index (χ3n) is 4.74. The van der Waals surface area contributed by atoms with Crippen LogP contribution in [0.4, 0.5) is 0 Å². The molecule has 0 aromatic heterocycles. The molecule has 0 spiro atoms. The summed E-state index contributed by atoms with van der Waals surface area (Å²) < 4.78 is 5.64. The smallest absolute Gasteiger partial charge is 0.310 e. The maximum absolute atomic E-state index is 12.3. The quantitative estimate of drug-likeness (QED) is 0.444. The van der Waals surface area contributed by atoms with Crippen molar-refractivity contribution in [3.63, 3.8) is 0 Å². The Hall–Kier alpha value is -1.12. The van der Waals surface area contributed by atoms with E-state index >= 15 is 0 Å². The minimum absolute atomic E-state index is 0.0334. The van der Waals surface area contributed by atoms with E-state index in [1.54, 1.807) is 0 Å². The van der Waals surface area contributed by atoms with E-state index in [1.807, 2.05) is 26.8 Å². The average Bonchev–Trinajstić information content (AvgIpc) is 2.95. The van der Waals surface area contributed by atoms with E-state index in [0.29, 0.717) is 0 Å². The Labute approximate surface area is 115 Å². The van der Waals surface area contributed by atoms with E-state index in [-0.39, 0.29) is 29.3 Å². The van der Waals surface area contributed by atoms with Gasteiger partial charge in [0.2, 0.25) is 0 Å². The Morgan fingerprint density at radius 3 is 2.32 bits per heavy atom. The Kier molecular flexibility index (Phi) is 4.12. The van der Waals surface area contributed by atoms with E-state index in [1.165, 1.54) is 6.42 Å². The normalized spacial score (nSPS) is 30.8. The number of esters is 1. The van der Waals surface area contributed by atoms with Gasteiger partial charge in [0, 0.05) is 5.92 Å². The first kappa shape index (κ1) is 14.3. The molecule has 0 aromatic rings. The van der Waals surface area contributed by atoms with E-state index in [0.717, 1.165) is 37.5 Å². The van der Waals surface area contributed by atoms with Crippen molar-refractivity contribution in [3.8, 4) is 0 Å². The molecular weight excluding hydrogens is 240 g/mol. The number of carbonyl (C=O) groups excluding carboxylic acids is 2. The predicted molar refractivity (Wildman–Crippen MR) is 73.5 cm³/mol. The number of ether oxygens (including phenoxy) is 1. The molecular formula is C16H24O3. The van der Waals surface area contributed by atoms with Crippen molar-refractivity contribution in [3.05, 3.63) is 11.6 Å². The molecule has 2 aliphatic rings. The molecule has 0 bridgehead atoms. The highest BCUT2D eigenvalue weighted by Gasteiger charge is 2.64. The molecule has 19 heavy (non-hydrogen) atoms. The standard InChI is InChI=1S/C16H24O3/c1-4-11(10-17)13-14(16(13,2)3)15(18)19-12-8-6-5-7-9-12/h4,10,12-14H,5-9H2,1-3H3/b11-4-. The summed E-state index contributed by atoms with van der Waals surface area (Å²) >= 11 is 0. The molecule has 2 atom stereocenters. The van der Waals surface area contributed by atoms with Crippen LogP contribution in [0.3, 0.4) is 0 Å². The zero-order valence-corrected chi connectivity index (χ0v) is 12.1. The third kappa shape index (κ3) is 2.75. The van der Waals surface area contributed by atoms with E-state index in [4.69, 9.17) is 4.74 Å². The van der Waals surface area contributed by atoms with Crippen molar-refractivity contribution in [1.82, 2.24) is 0 Å². The lowest BCUT2D eigenvalue weighted by molar-refractivity contribution is -0.153. The van der Waals surface area contributed by atoms with Crippen LogP contribution in [0, 0.1) is 17.3 Å². The molecule has 0 heterocycles. The number of rotatable bonds is 4. The van der Waals surface area contributed by atoms with Gasteiger partial charge in [-0.1, -0.05) is 26.3 Å². The maximum Gasteiger partial charge on any atom is 0.310 e. The minimum Gasteiger partial charge on any atom is -0.462 e. The van der Waals surface area contributed by atoms with Crippen molar-refractivity contribution in [1.29, 1.82) is 0 Å². The van der Waals surface area contributed by atoms with Gasteiger partial charge in [-0.3, -0.25) is 9.59 Å². The van der Waals surface area contributed by atoms with Crippen LogP contribution in [0.5, 0.6) is 0 Å². The number of allylic oxidation sites excluding steroid dienone is 2. The Bertz CT molecular complexity index is 389. The van der Waals surface area contributed by atoms with Gasteiger partial charge < -0.3 is 4.74 Å². The predicted octanol–water partition coefficient (Wildman–Crippen LogP) is 3.28. The molecule has 2 saturated carbocycles. The van der Waals surface area contributed by atoms with Crippen LogP contribution in [0.2, 0.25) is 0 Å². The summed E-state index contributed by atoms with van der Waals surface area (Å²) in [6.45, 7) is 5.93. The number of aldehydes is 1. The van der Waals surface area contributed by atoms with Crippen molar-refractivity contribution in [2.24, 2.45) is 17.3 Å². The highest BCUT2D eigenvalue weighted by molar-refractivity contribution is 5.84. The summed E-state index contributed by atoms with van der Waals surface area (Å²) in [5, 5.41) is 0. The first-order valence-corrected chi connectivity index (χ1v) is 7.34. The number of hydrogen-bond acceptors (Lipinski definition) is 3. The zero-order chi connectivity index (χ0) is 14.0. The summed E-state index contributed by atoms with van der Waals surface area (Å²) in [7, 11) is 0. The lowest BCUT2D eigenvalue weighted by atomic mass is 9.98. The topological polar surface area (TPSA) is 43.4 Å². The molecule has 0 aliphatic heterocycles. The Morgan fingerprint density at radius 2 is 1.79 bits per heavy atom. The molecule has 0 amide bonds. The number of carbonyl (C=O) groups is 2. The van der Waals surface area contributed by atoms with Gasteiger partial charge in [-0.25, -0.2) is 0 Å². The minimum atomic E-state index is -0.147. The fourth-order valence-corrected chi connectivity index (χ4v) is 3.44. The summed E-state index contributed by atoms with van der Waals surface area (Å²) in [5.74, 6) is -0.222. The third-order valence-corrected chi connectivity index (χ3v) is 4.74. The molecule has 2 fully saturated rings. The molecule has 106 valence electrons. The largest absolute Gasteiger partial charge is 0.462 e. The van der Waals surface area contributed by atoms with Crippen LogP contribution < -0.4 is 0 Å². The van der Waals surface area contributed by atoms with Crippen molar-refractivity contribution in [2.75, 3.05) is 0 Å². The van der Waals surface area contributed by atoms with Gasteiger partial charge >= 0.3 is 5.97 Å². The van der Waals surface area contributed by atoms with Crippen LogP contribution in [0.1, 0.15) is 52.9 Å². The fourth-order valence-electron chi connectivity index (χ4n) is 3.44. The van der Waals surface area contributed by atoms with Crippen molar-refractivity contribution >= 4 is 12.3 Å². The highest BCUT2D eigenvalue weighted by atomic mass is 16.5. The second-order valence-corrected chi connectivity index (χ2v) is 6.38. The fraction of sp³-hybridized carbons (Fsp3) is 0.750. The van der Waals surface area contributed by atoms with E-state index in [9.17, 15) is 9.59 Å². The molecule has 2 unspecified atom stereocenters. The van der Waals surface area contributed by atoms with Gasteiger partial charge in [0.15, 0.2) is 0 Å². The first-order valence-electron chi connectivity index (χ1n) is 7.34. The van der Waals surface area contributed by atoms with Crippen LogP contribution in [0.15, 0.2) is 11.6 Å². The summed E-state index contributed by atoms with van der Waals surface area (Å²) in [5.41, 5.74) is 0.588. The zero-order valence-electron chi connectivity index (χ0n) is 12.1. The van der Waals surface area contributed by atoms with Crippen LogP contribution in [-0.4, -0.2) is 18.4 Å². The van der Waals surface area contributed by atoms with Crippen molar-refractivity contribution < 1.29 is 14.3 Å². The first-order chi connectivity index (χ1) is 9.02. The van der Waals surface area contributed by atoms with Crippen LogP contribution >= 0.6 is 0 Å².